The number of nitrogens with zero attached hydrogens (tertiary/aromatic N) is 1. The average molecular weight is 190 g/mol. The number of rotatable bonds is 3. The Hall–Kier alpha value is -1.18. The van der Waals surface area contributed by atoms with Crippen molar-refractivity contribution < 1.29 is 0 Å². The van der Waals surface area contributed by atoms with Gasteiger partial charge in [0.2, 0.25) is 0 Å². The molecule has 0 bridgehead atoms. The van der Waals surface area contributed by atoms with Crippen molar-refractivity contribution in [1.29, 1.82) is 0 Å². The van der Waals surface area contributed by atoms with Gasteiger partial charge in [0.1, 0.15) is 0 Å². The lowest BCUT2D eigenvalue weighted by Crippen LogP contribution is -2.22. The van der Waals surface area contributed by atoms with E-state index in [0.29, 0.717) is 0 Å². The van der Waals surface area contributed by atoms with Crippen LogP contribution in [0.3, 0.4) is 0 Å². The van der Waals surface area contributed by atoms with E-state index in [4.69, 9.17) is 5.73 Å². The second-order valence-corrected chi connectivity index (χ2v) is 4.34. The summed E-state index contributed by atoms with van der Waals surface area (Å²) in [6.45, 7) is 3.27. The topological polar surface area (TPSA) is 29.3 Å². The monoisotopic (exact) mass is 190 g/mol. The number of benzene rings is 1. The van der Waals surface area contributed by atoms with Crippen molar-refractivity contribution in [2.75, 3.05) is 24.2 Å². The van der Waals surface area contributed by atoms with Crippen molar-refractivity contribution in [3.8, 4) is 0 Å². The molecule has 14 heavy (non-hydrogen) atoms. The van der Waals surface area contributed by atoms with Gasteiger partial charge in [-0.1, -0.05) is 12.1 Å². The molecule has 1 aliphatic rings. The Morgan fingerprint density at radius 2 is 2.14 bits per heavy atom. The third-order valence-corrected chi connectivity index (χ3v) is 2.88. The molecule has 0 aromatic heterocycles. The second kappa shape index (κ2) is 3.52. The van der Waals surface area contributed by atoms with Gasteiger partial charge in [0.05, 0.1) is 11.4 Å². The zero-order valence-corrected chi connectivity index (χ0v) is 8.96. The van der Waals surface area contributed by atoms with E-state index >= 15 is 0 Å². The summed E-state index contributed by atoms with van der Waals surface area (Å²) in [5.74, 6) is 0.902. The van der Waals surface area contributed by atoms with E-state index in [2.05, 4.69) is 24.9 Å². The number of hydrogen-bond donors (Lipinski definition) is 1. The Labute approximate surface area is 85.7 Å². The quantitative estimate of drug-likeness (QED) is 0.742. The molecule has 1 aliphatic carbocycles. The molecule has 0 heterocycles. The van der Waals surface area contributed by atoms with Gasteiger partial charge in [-0.2, -0.15) is 0 Å². The van der Waals surface area contributed by atoms with Gasteiger partial charge in [0.15, 0.2) is 0 Å². The fourth-order valence-corrected chi connectivity index (χ4v) is 1.98. The van der Waals surface area contributed by atoms with Crippen LogP contribution in [0.1, 0.15) is 18.4 Å². The minimum Gasteiger partial charge on any atom is -0.397 e. The molecular weight excluding hydrogens is 172 g/mol. The summed E-state index contributed by atoms with van der Waals surface area (Å²) in [5.41, 5.74) is 9.35. The molecule has 2 rings (SSSR count). The van der Waals surface area contributed by atoms with E-state index in [9.17, 15) is 0 Å². The maximum atomic E-state index is 5.98. The molecule has 76 valence electrons. The maximum Gasteiger partial charge on any atom is 0.0627 e. The Morgan fingerprint density at radius 1 is 1.43 bits per heavy atom. The summed E-state index contributed by atoms with van der Waals surface area (Å²) in [7, 11) is 2.14. The normalized spacial score (nSPS) is 15.6. The van der Waals surface area contributed by atoms with Crippen molar-refractivity contribution in [1.82, 2.24) is 0 Å². The van der Waals surface area contributed by atoms with E-state index in [1.165, 1.54) is 24.1 Å². The molecular formula is C12H18N2. The predicted octanol–water partition coefficient (Wildman–Crippen LogP) is 2.42. The summed E-state index contributed by atoms with van der Waals surface area (Å²) < 4.78 is 0. The molecule has 0 amide bonds. The largest absolute Gasteiger partial charge is 0.397 e. The number of nitrogen functional groups attached to an aromatic ring is 1. The molecule has 0 radical (unpaired) electrons. The van der Waals surface area contributed by atoms with E-state index < -0.39 is 0 Å². The molecule has 0 aliphatic heterocycles. The summed E-state index contributed by atoms with van der Waals surface area (Å²) >= 11 is 0. The van der Waals surface area contributed by atoms with Crippen molar-refractivity contribution >= 4 is 11.4 Å². The molecule has 2 N–H and O–H groups in total. The lowest BCUT2D eigenvalue weighted by atomic mass is 10.1. The summed E-state index contributed by atoms with van der Waals surface area (Å²) in [6, 6.07) is 6.11. The van der Waals surface area contributed by atoms with Crippen LogP contribution in [0.25, 0.3) is 0 Å². The lowest BCUT2D eigenvalue weighted by Gasteiger charge is -2.22. The molecule has 1 fully saturated rings. The highest BCUT2D eigenvalue weighted by Crippen LogP contribution is 2.33. The van der Waals surface area contributed by atoms with Crippen LogP contribution in [0.2, 0.25) is 0 Å². The van der Waals surface area contributed by atoms with Crippen LogP contribution in [0.4, 0.5) is 11.4 Å². The van der Waals surface area contributed by atoms with Gasteiger partial charge in [-0.25, -0.2) is 0 Å². The molecule has 2 nitrogen and oxygen atoms in total. The number of para-hydroxylation sites is 1. The Bertz CT molecular complexity index is 309. The standard InChI is InChI=1S/C12H18N2/c1-9-4-3-5-11(13)12(9)14(2)8-10-6-7-10/h3-5,10H,6-8,13H2,1-2H3. The highest BCUT2D eigenvalue weighted by Gasteiger charge is 2.23. The zero-order chi connectivity index (χ0) is 10.1. The number of hydrogen-bond acceptors (Lipinski definition) is 2. The van der Waals surface area contributed by atoms with Gasteiger partial charge >= 0.3 is 0 Å². The molecule has 0 unspecified atom stereocenters. The van der Waals surface area contributed by atoms with Gasteiger partial charge in [-0.15, -0.1) is 0 Å². The van der Waals surface area contributed by atoms with Gasteiger partial charge in [-0.05, 0) is 37.3 Å². The third-order valence-electron chi connectivity index (χ3n) is 2.88. The van der Waals surface area contributed by atoms with Crippen LogP contribution in [0.5, 0.6) is 0 Å². The molecule has 0 spiro atoms. The fraction of sp³-hybridized carbons (Fsp3) is 0.500. The van der Waals surface area contributed by atoms with Crippen LogP contribution in [0.15, 0.2) is 18.2 Å². The van der Waals surface area contributed by atoms with Crippen LogP contribution in [0, 0.1) is 12.8 Å². The first-order valence-electron chi connectivity index (χ1n) is 5.24. The van der Waals surface area contributed by atoms with E-state index in [1.54, 1.807) is 0 Å². The zero-order valence-electron chi connectivity index (χ0n) is 8.96. The average Bonchev–Trinajstić information content (AvgIpc) is 2.87. The highest BCUT2D eigenvalue weighted by molar-refractivity contribution is 5.71. The smallest absolute Gasteiger partial charge is 0.0627 e. The third kappa shape index (κ3) is 1.84. The number of aryl methyl sites for hydroxylation is 1. The maximum absolute atomic E-state index is 5.98. The van der Waals surface area contributed by atoms with Crippen molar-refractivity contribution in [3.05, 3.63) is 23.8 Å². The minimum absolute atomic E-state index is 0.896. The summed E-state index contributed by atoms with van der Waals surface area (Å²) in [4.78, 5) is 2.29. The van der Waals surface area contributed by atoms with Crippen molar-refractivity contribution in [3.63, 3.8) is 0 Å². The first-order valence-corrected chi connectivity index (χ1v) is 5.24. The van der Waals surface area contributed by atoms with Crippen LogP contribution < -0.4 is 10.6 Å². The van der Waals surface area contributed by atoms with Gasteiger partial charge in [0, 0.05) is 13.6 Å². The first-order chi connectivity index (χ1) is 6.68. The molecule has 0 saturated heterocycles. The van der Waals surface area contributed by atoms with Crippen molar-refractivity contribution in [2.24, 2.45) is 5.92 Å². The molecule has 1 aromatic rings. The van der Waals surface area contributed by atoms with Crippen molar-refractivity contribution in [2.45, 2.75) is 19.8 Å². The van der Waals surface area contributed by atoms with Gasteiger partial charge in [0.25, 0.3) is 0 Å². The van der Waals surface area contributed by atoms with Crippen LogP contribution in [-0.4, -0.2) is 13.6 Å². The summed E-state index contributed by atoms with van der Waals surface area (Å²) in [5, 5.41) is 0. The van der Waals surface area contributed by atoms with Gasteiger partial charge < -0.3 is 10.6 Å². The molecule has 1 aromatic carbocycles. The Kier molecular flexibility index (Phi) is 2.36. The molecule has 1 saturated carbocycles. The van der Waals surface area contributed by atoms with Gasteiger partial charge in [-0.3, -0.25) is 0 Å². The van der Waals surface area contributed by atoms with Crippen LogP contribution in [-0.2, 0) is 0 Å². The molecule has 2 heteroatoms. The minimum atomic E-state index is 0.896. The van der Waals surface area contributed by atoms with E-state index in [-0.39, 0.29) is 0 Å². The number of anilines is 2. The lowest BCUT2D eigenvalue weighted by molar-refractivity contribution is 0.786. The molecule has 0 atom stereocenters. The Balaban J connectivity index is 2.19. The number of nitrogens with two attached hydrogens (primary N) is 1. The van der Waals surface area contributed by atoms with E-state index in [1.807, 2.05) is 12.1 Å². The second-order valence-electron chi connectivity index (χ2n) is 4.34. The first kappa shape index (κ1) is 9.38. The summed E-state index contributed by atoms with van der Waals surface area (Å²) in [6.07, 6.45) is 2.77. The SMILES string of the molecule is Cc1cccc(N)c1N(C)CC1CC1. The Morgan fingerprint density at radius 3 is 2.71 bits per heavy atom. The fourth-order valence-electron chi connectivity index (χ4n) is 1.98. The highest BCUT2D eigenvalue weighted by atomic mass is 15.1. The predicted molar refractivity (Wildman–Crippen MR) is 61.6 cm³/mol. The van der Waals surface area contributed by atoms with E-state index in [0.717, 1.165) is 18.2 Å². The van der Waals surface area contributed by atoms with Crippen LogP contribution >= 0.6 is 0 Å².